The SMILES string of the molecule is Bc1cccc(C2(C)OCCO2)c1. The van der Waals surface area contributed by atoms with Gasteiger partial charge in [-0.25, -0.2) is 0 Å². The van der Waals surface area contributed by atoms with Crippen molar-refractivity contribution in [1.29, 1.82) is 0 Å². The van der Waals surface area contributed by atoms with Crippen LogP contribution in [0.15, 0.2) is 24.3 Å². The Hall–Kier alpha value is -0.795. The van der Waals surface area contributed by atoms with E-state index < -0.39 is 5.79 Å². The van der Waals surface area contributed by atoms with E-state index in [4.69, 9.17) is 9.47 Å². The van der Waals surface area contributed by atoms with Gasteiger partial charge in [0.2, 0.25) is 0 Å². The summed E-state index contributed by atoms with van der Waals surface area (Å²) in [6, 6.07) is 8.24. The maximum atomic E-state index is 5.56. The number of hydrogen-bond donors (Lipinski definition) is 0. The van der Waals surface area contributed by atoms with Crippen LogP contribution in [0.25, 0.3) is 0 Å². The minimum absolute atomic E-state index is 0.522. The summed E-state index contributed by atoms with van der Waals surface area (Å²) in [4.78, 5) is 0. The molecule has 0 spiro atoms. The van der Waals surface area contributed by atoms with Gasteiger partial charge in [0.1, 0.15) is 7.85 Å². The summed E-state index contributed by atoms with van der Waals surface area (Å²) in [5.41, 5.74) is 2.34. The lowest BCUT2D eigenvalue weighted by atomic mass is 9.92. The van der Waals surface area contributed by atoms with Crippen LogP contribution < -0.4 is 5.46 Å². The zero-order chi connectivity index (χ0) is 9.31. The molecule has 0 atom stereocenters. The van der Waals surface area contributed by atoms with Crippen LogP contribution in [-0.4, -0.2) is 21.1 Å². The van der Waals surface area contributed by atoms with E-state index in [-0.39, 0.29) is 0 Å². The Balaban J connectivity index is 2.33. The zero-order valence-corrected chi connectivity index (χ0v) is 8.04. The molecule has 1 fully saturated rings. The highest BCUT2D eigenvalue weighted by molar-refractivity contribution is 6.32. The third-order valence-corrected chi connectivity index (χ3v) is 2.38. The molecule has 0 radical (unpaired) electrons. The molecule has 2 nitrogen and oxygen atoms in total. The predicted molar refractivity (Wildman–Crippen MR) is 53.9 cm³/mol. The number of benzene rings is 1. The lowest BCUT2D eigenvalue weighted by Gasteiger charge is -2.22. The third kappa shape index (κ3) is 1.62. The van der Waals surface area contributed by atoms with Gasteiger partial charge in [-0.05, 0) is 6.92 Å². The van der Waals surface area contributed by atoms with Crippen LogP contribution in [0, 0.1) is 0 Å². The zero-order valence-electron chi connectivity index (χ0n) is 8.04. The van der Waals surface area contributed by atoms with E-state index in [9.17, 15) is 0 Å². The van der Waals surface area contributed by atoms with E-state index >= 15 is 0 Å². The maximum absolute atomic E-state index is 5.56. The van der Waals surface area contributed by atoms with Gasteiger partial charge in [0, 0.05) is 5.56 Å². The normalized spacial score (nSPS) is 20.4. The molecule has 13 heavy (non-hydrogen) atoms. The molecule has 1 aromatic rings. The average molecular weight is 176 g/mol. The van der Waals surface area contributed by atoms with Gasteiger partial charge < -0.3 is 9.47 Å². The molecule has 0 amide bonds. The molecule has 0 N–H and O–H groups in total. The van der Waals surface area contributed by atoms with Crippen molar-refractivity contribution < 1.29 is 9.47 Å². The second-order valence-corrected chi connectivity index (χ2v) is 3.51. The molecule has 0 bridgehead atoms. The maximum Gasteiger partial charge on any atom is 0.192 e. The second kappa shape index (κ2) is 3.16. The van der Waals surface area contributed by atoms with E-state index in [0.29, 0.717) is 13.2 Å². The lowest BCUT2D eigenvalue weighted by molar-refractivity contribution is -0.149. The molecule has 0 unspecified atom stereocenters. The fourth-order valence-corrected chi connectivity index (χ4v) is 1.61. The Labute approximate surface area is 79.3 Å². The van der Waals surface area contributed by atoms with Crippen molar-refractivity contribution >= 4 is 13.3 Å². The van der Waals surface area contributed by atoms with Crippen LogP contribution in [0.1, 0.15) is 12.5 Å². The van der Waals surface area contributed by atoms with Crippen molar-refractivity contribution in [1.82, 2.24) is 0 Å². The first kappa shape index (κ1) is 8.79. The number of hydrogen-bond acceptors (Lipinski definition) is 2. The van der Waals surface area contributed by atoms with Crippen LogP contribution in [0.5, 0.6) is 0 Å². The first-order chi connectivity index (χ1) is 6.21. The molecule has 0 aliphatic carbocycles. The third-order valence-electron chi connectivity index (χ3n) is 2.38. The van der Waals surface area contributed by atoms with Crippen molar-refractivity contribution in [3.8, 4) is 0 Å². The van der Waals surface area contributed by atoms with Crippen molar-refractivity contribution in [3.63, 3.8) is 0 Å². The predicted octanol–water partition coefficient (Wildman–Crippen LogP) is 0.164. The highest BCUT2D eigenvalue weighted by atomic mass is 16.7. The van der Waals surface area contributed by atoms with E-state index in [2.05, 4.69) is 20.0 Å². The van der Waals surface area contributed by atoms with Crippen molar-refractivity contribution in [3.05, 3.63) is 29.8 Å². The minimum Gasteiger partial charge on any atom is -0.344 e. The molecule has 1 heterocycles. The standard InChI is InChI=1S/C10H13BO2/c1-10(12-5-6-13-10)8-3-2-4-9(11)7-8/h2-4,7H,5-6,11H2,1H3. The van der Waals surface area contributed by atoms with Crippen LogP contribution in [0.4, 0.5) is 0 Å². The van der Waals surface area contributed by atoms with E-state index in [1.807, 2.05) is 19.1 Å². The molecule has 1 aliphatic rings. The van der Waals surface area contributed by atoms with Crippen LogP contribution in [0.3, 0.4) is 0 Å². The summed E-state index contributed by atoms with van der Waals surface area (Å²) in [5, 5.41) is 0. The first-order valence-corrected chi connectivity index (χ1v) is 4.56. The Morgan fingerprint density at radius 1 is 1.31 bits per heavy atom. The number of ether oxygens (including phenoxy) is 2. The molecular formula is C10H13BO2. The van der Waals surface area contributed by atoms with Gasteiger partial charge in [0.25, 0.3) is 0 Å². The second-order valence-electron chi connectivity index (χ2n) is 3.51. The van der Waals surface area contributed by atoms with Gasteiger partial charge in [-0.1, -0.05) is 29.7 Å². The largest absolute Gasteiger partial charge is 0.344 e. The van der Waals surface area contributed by atoms with Gasteiger partial charge in [0.05, 0.1) is 13.2 Å². The summed E-state index contributed by atoms with van der Waals surface area (Å²) in [7, 11) is 2.07. The molecular weight excluding hydrogens is 163 g/mol. The summed E-state index contributed by atoms with van der Waals surface area (Å²) in [6.07, 6.45) is 0. The smallest absolute Gasteiger partial charge is 0.192 e. The van der Waals surface area contributed by atoms with Crippen LogP contribution in [0.2, 0.25) is 0 Å². The quantitative estimate of drug-likeness (QED) is 0.567. The molecule has 3 heteroatoms. The molecule has 1 aliphatic heterocycles. The minimum atomic E-state index is -0.522. The molecule has 0 aromatic heterocycles. The molecule has 1 saturated heterocycles. The lowest BCUT2D eigenvalue weighted by Crippen LogP contribution is -2.23. The first-order valence-electron chi connectivity index (χ1n) is 4.56. The molecule has 2 rings (SSSR count). The van der Waals surface area contributed by atoms with Crippen molar-refractivity contribution in [2.24, 2.45) is 0 Å². The average Bonchev–Trinajstić information content (AvgIpc) is 2.54. The van der Waals surface area contributed by atoms with E-state index in [0.717, 1.165) is 5.56 Å². The van der Waals surface area contributed by atoms with Gasteiger partial charge in [0.15, 0.2) is 5.79 Å². The van der Waals surface area contributed by atoms with E-state index in [1.54, 1.807) is 0 Å². The topological polar surface area (TPSA) is 18.5 Å². The molecule has 1 aromatic carbocycles. The van der Waals surface area contributed by atoms with Gasteiger partial charge in [-0.15, -0.1) is 0 Å². The Morgan fingerprint density at radius 2 is 2.00 bits per heavy atom. The van der Waals surface area contributed by atoms with E-state index in [1.165, 1.54) is 5.46 Å². The molecule has 0 saturated carbocycles. The fourth-order valence-electron chi connectivity index (χ4n) is 1.61. The fraction of sp³-hybridized carbons (Fsp3) is 0.400. The summed E-state index contributed by atoms with van der Waals surface area (Å²) in [5.74, 6) is -0.522. The van der Waals surface area contributed by atoms with Gasteiger partial charge >= 0.3 is 0 Å². The highest BCUT2D eigenvalue weighted by Gasteiger charge is 2.32. The van der Waals surface area contributed by atoms with Crippen molar-refractivity contribution in [2.75, 3.05) is 13.2 Å². The number of rotatable bonds is 1. The van der Waals surface area contributed by atoms with Crippen molar-refractivity contribution in [2.45, 2.75) is 12.7 Å². The van der Waals surface area contributed by atoms with Gasteiger partial charge in [-0.2, -0.15) is 0 Å². The summed E-state index contributed by atoms with van der Waals surface area (Å²) >= 11 is 0. The summed E-state index contributed by atoms with van der Waals surface area (Å²) < 4.78 is 11.1. The molecule has 68 valence electrons. The Morgan fingerprint density at radius 3 is 2.62 bits per heavy atom. The van der Waals surface area contributed by atoms with Crippen LogP contribution >= 0.6 is 0 Å². The van der Waals surface area contributed by atoms with Gasteiger partial charge in [-0.3, -0.25) is 0 Å². The van der Waals surface area contributed by atoms with Crippen LogP contribution in [-0.2, 0) is 15.3 Å². The highest BCUT2D eigenvalue weighted by Crippen LogP contribution is 2.29. The Bertz CT molecular complexity index is 306. The summed E-state index contributed by atoms with van der Waals surface area (Å²) in [6.45, 7) is 3.34. The Kier molecular flexibility index (Phi) is 2.14. The monoisotopic (exact) mass is 176 g/mol.